The van der Waals surface area contributed by atoms with Gasteiger partial charge in [-0.05, 0) is 79.1 Å². The molecule has 0 N–H and O–H groups in total. The predicted molar refractivity (Wildman–Crippen MR) is 297 cm³/mol. The van der Waals surface area contributed by atoms with Gasteiger partial charge in [-0.15, -0.1) is 0 Å². The summed E-state index contributed by atoms with van der Waals surface area (Å²) >= 11 is 0. The second-order valence-corrected chi connectivity index (χ2v) is 17.9. The first-order valence-corrected chi connectivity index (χ1v) is 25.9. The first-order valence-electron chi connectivity index (χ1n) is 25.9. The molecule has 0 bridgehead atoms. The van der Waals surface area contributed by atoms with Gasteiger partial charge >= 0.3 is 31.1 Å². The van der Waals surface area contributed by atoms with Crippen LogP contribution >= 0.6 is 0 Å². The van der Waals surface area contributed by atoms with Crippen molar-refractivity contribution in [2.75, 3.05) is 132 Å². The van der Waals surface area contributed by atoms with Crippen LogP contribution in [0.15, 0.2) is 0 Å². The molecule has 0 unspecified atom stereocenters. The quantitative estimate of drug-likeness (QED) is 0.0417. The summed E-state index contributed by atoms with van der Waals surface area (Å²) in [4.78, 5) is 32.0. The Balaban J connectivity index is -0.0000000844. The van der Waals surface area contributed by atoms with Crippen LogP contribution in [-0.4, -0.2) is 184 Å². The molecule has 73 heavy (non-hydrogen) atoms. The number of ether oxygens (including phenoxy) is 12. The van der Waals surface area contributed by atoms with Crippen LogP contribution in [0.4, 0.5) is 0 Å². The van der Waals surface area contributed by atoms with E-state index in [-0.39, 0.29) is 55.5 Å². The molecule has 0 aromatic carbocycles. The molecular weight excluding hydrogens is 1170 g/mol. The summed E-state index contributed by atoms with van der Waals surface area (Å²) < 4.78 is 64.2. The third-order valence-electron chi connectivity index (χ3n) is 6.91. The Labute approximate surface area is 475 Å². The third kappa shape index (κ3) is 147. The van der Waals surface area contributed by atoms with Gasteiger partial charge in [0.25, 0.3) is 0 Å². The van der Waals surface area contributed by atoms with Crippen molar-refractivity contribution in [3.05, 3.63) is 25.7 Å². The van der Waals surface area contributed by atoms with Crippen LogP contribution in [0.2, 0.25) is 0 Å². The number of carbonyl (C=O) groups excluding carboxylic acids is 4. The van der Waals surface area contributed by atoms with E-state index >= 15 is 0 Å². The van der Waals surface area contributed by atoms with Gasteiger partial charge in [0.2, 0.25) is 0 Å². The van der Waals surface area contributed by atoms with E-state index in [0.717, 1.165) is 26.4 Å². The standard InChI is InChI=1S/2C13H27O4.2C11H23O2.C4H10.4CH2O.U/c2*1-12(2)16-10-8-14-6-5-7-15-9-11-17-13(3)4;2*1-10(2)8-12-6-5-7-13-9-11(3)4;1-3-4-2;4*1-2;/h2*5,12-13H,6-11H2,1-4H3;2*5,10-11H,6-9H2,1-4H3;3-4H2,1-2H3;4*1H2;/q4*-1;;;;;;+4. The number of hydrogen-bond acceptors (Lipinski definition) is 16. The van der Waals surface area contributed by atoms with Crippen molar-refractivity contribution >= 4 is 27.2 Å². The summed E-state index contributed by atoms with van der Waals surface area (Å²) in [5.74, 6) is 2.46. The van der Waals surface area contributed by atoms with E-state index < -0.39 is 0 Å². The van der Waals surface area contributed by atoms with E-state index in [1.807, 2.05) is 108 Å². The number of carbonyl (C=O) groups is 4. The van der Waals surface area contributed by atoms with Crippen LogP contribution < -0.4 is 0 Å². The zero-order valence-corrected chi connectivity index (χ0v) is 54.5. The van der Waals surface area contributed by atoms with Crippen LogP contribution in [0.25, 0.3) is 0 Å². The minimum atomic E-state index is 0. The third-order valence-corrected chi connectivity index (χ3v) is 6.91. The van der Waals surface area contributed by atoms with Gasteiger partial charge in [0.05, 0.1) is 77.3 Å². The zero-order valence-electron chi connectivity index (χ0n) is 50.3. The van der Waals surface area contributed by atoms with Gasteiger partial charge < -0.3 is 76.0 Å². The minimum absolute atomic E-state index is 0. The molecule has 0 saturated carbocycles. The summed E-state index contributed by atoms with van der Waals surface area (Å²) in [7, 11) is 0. The van der Waals surface area contributed by atoms with Gasteiger partial charge in [0, 0.05) is 26.4 Å². The maximum absolute atomic E-state index is 8.00. The monoisotopic (exact) mass is 1280 g/mol. The molecule has 0 atom stereocenters. The van der Waals surface area contributed by atoms with Crippen molar-refractivity contribution in [3.63, 3.8) is 0 Å². The molecule has 0 heterocycles. The Bertz CT molecular complexity index is 719. The van der Waals surface area contributed by atoms with E-state index in [1.54, 1.807) is 0 Å². The molecular formula is C56H118O16U. The Kier molecular flexibility index (Phi) is 122. The van der Waals surface area contributed by atoms with E-state index in [4.69, 9.17) is 76.0 Å². The van der Waals surface area contributed by atoms with E-state index in [0.29, 0.717) is 129 Å². The molecule has 0 aliphatic rings. The minimum Gasteiger partial charge on any atom is -0.413 e. The molecule has 0 amide bonds. The molecule has 0 rings (SSSR count). The summed E-state index contributed by atoms with van der Waals surface area (Å²) in [6.07, 6.45) is 11.7. The second-order valence-electron chi connectivity index (χ2n) is 17.9. The molecule has 0 aliphatic carbocycles. The van der Waals surface area contributed by atoms with Crippen molar-refractivity contribution in [2.45, 2.75) is 162 Å². The SMILES string of the molecule is C=O.C=O.C=O.C=O.CC(C)COC[CH-]COCC(C)C.CC(C)COC[CH-]COCC(C)C.CC(C)OCCOC[CH-]COCCOC(C)C.CC(C)OCCOC[CH-]COCCOC(C)C.CCCC.[U+4]. The van der Waals surface area contributed by atoms with Crippen LogP contribution in [-0.2, 0) is 76.0 Å². The fourth-order valence-electron chi connectivity index (χ4n) is 3.78. The fraction of sp³-hybridized carbons (Fsp3) is 0.857. The Hall–Kier alpha value is -0.748. The average Bonchev–Trinajstić information content (AvgIpc) is 3.34. The Morgan fingerprint density at radius 2 is 0.425 bits per heavy atom. The van der Waals surface area contributed by atoms with Crippen LogP contribution in [0.5, 0.6) is 0 Å². The van der Waals surface area contributed by atoms with Gasteiger partial charge in [-0.3, -0.25) is 25.7 Å². The zero-order chi connectivity index (χ0) is 57.5. The van der Waals surface area contributed by atoms with Crippen molar-refractivity contribution in [1.29, 1.82) is 0 Å². The average molecular weight is 1290 g/mol. The Morgan fingerprint density at radius 3 is 0.548 bits per heavy atom. The van der Waals surface area contributed by atoms with Gasteiger partial charge in [0.1, 0.15) is 27.2 Å². The van der Waals surface area contributed by atoms with E-state index in [9.17, 15) is 0 Å². The topological polar surface area (TPSA) is 179 Å². The molecule has 0 aromatic rings. The predicted octanol–water partition coefficient (Wildman–Crippen LogP) is 10.3. The number of unbranched alkanes of at least 4 members (excludes halogenated alkanes) is 1. The van der Waals surface area contributed by atoms with Crippen molar-refractivity contribution < 1.29 is 107 Å². The number of hydrogen-bond donors (Lipinski definition) is 0. The van der Waals surface area contributed by atoms with Crippen molar-refractivity contribution in [1.82, 2.24) is 0 Å². The van der Waals surface area contributed by atoms with Gasteiger partial charge in [0.15, 0.2) is 0 Å². The molecule has 0 aromatic heterocycles. The molecule has 0 fully saturated rings. The fourth-order valence-corrected chi connectivity index (χ4v) is 3.78. The molecule has 0 spiro atoms. The van der Waals surface area contributed by atoms with Crippen molar-refractivity contribution in [2.24, 2.45) is 23.7 Å². The van der Waals surface area contributed by atoms with Crippen molar-refractivity contribution in [3.8, 4) is 0 Å². The molecule has 16 nitrogen and oxygen atoms in total. The summed E-state index contributed by atoms with van der Waals surface area (Å²) in [6.45, 7) is 59.3. The second kappa shape index (κ2) is 93.7. The maximum atomic E-state index is 8.00. The number of rotatable bonds is 41. The Morgan fingerprint density at radius 1 is 0.274 bits per heavy atom. The van der Waals surface area contributed by atoms with Gasteiger partial charge in [-0.2, -0.15) is 0 Å². The summed E-state index contributed by atoms with van der Waals surface area (Å²) in [5, 5.41) is 0. The van der Waals surface area contributed by atoms with E-state index in [1.165, 1.54) is 12.8 Å². The van der Waals surface area contributed by atoms with Crippen LogP contribution in [0.3, 0.4) is 0 Å². The van der Waals surface area contributed by atoms with E-state index in [2.05, 4.69) is 69.2 Å². The first-order chi connectivity index (χ1) is 34.4. The molecule has 0 aliphatic heterocycles. The van der Waals surface area contributed by atoms with Gasteiger partial charge in [-0.1, -0.05) is 135 Å². The van der Waals surface area contributed by atoms with Crippen LogP contribution in [0, 0.1) is 80.5 Å². The smallest absolute Gasteiger partial charge is 0.413 e. The molecule has 442 valence electrons. The summed E-state index contributed by atoms with van der Waals surface area (Å²) in [5.41, 5.74) is 0. The largest absolute Gasteiger partial charge is 4.00 e. The maximum Gasteiger partial charge on any atom is 4.00 e. The summed E-state index contributed by atoms with van der Waals surface area (Å²) in [6, 6.07) is 0. The van der Waals surface area contributed by atoms with Crippen LogP contribution in [0.1, 0.15) is 137 Å². The first kappa shape index (κ1) is 94.7. The normalized spacial score (nSPS) is 10.2. The molecule has 0 radical (unpaired) electrons. The van der Waals surface area contributed by atoms with Gasteiger partial charge in [-0.25, -0.2) is 0 Å². The molecule has 17 heteroatoms. The molecule has 0 saturated heterocycles.